The molecule has 0 saturated carbocycles. The van der Waals surface area contributed by atoms with Crippen molar-refractivity contribution in [3.05, 3.63) is 66.0 Å². The standard InChI is InChI=1S/C13H10FO/c14-12-7-4-8-13(9-12)15-10-11-5-2-1-3-6-11/h1-3,5-9H,10H2. The summed E-state index contributed by atoms with van der Waals surface area (Å²) in [6.45, 7) is 0.443. The summed E-state index contributed by atoms with van der Waals surface area (Å²) in [5.74, 6) is 0.166. The first-order valence-electron chi connectivity index (χ1n) is 4.68. The summed E-state index contributed by atoms with van der Waals surface area (Å²) in [6, 6.07) is 16.7. The normalized spacial score (nSPS) is 9.93. The Morgan fingerprint density at radius 2 is 1.93 bits per heavy atom. The van der Waals surface area contributed by atoms with Gasteiger partial charge in [0.15, 0.2) is 0 Å². The van der Waals surface area contributed by atoms with Crippen LogP contribution in [0.2, 0.25) is 0 Å². The fourth-order valence-electron chi connectivity index (χ4n) is 1.25. The van der Waals surface area contributed by atoms with Crippen molar-refractivity contribution in [2.75, 3.05) is 0 Å². The van der Waals surface area contributed by atoms with E-state index in [0.717, 1.165) is 5.56 Å². The quantitative estimate of drug-likeness (QED) is 0.741. The number of benzene rings is 2. The molecule has 2 aromatic carbocycles. The molecule has 2 aromatic rings. The summed E-state index contributed by atoms with van der Waals surface area (Å²) in [7, 11) is 0. The van der Waals surface area contributed by atoms with Gasteiger partial charge in [0.05, 0.1) is 0 Å². The first-order chi connectivity index (χ1) is 7.34. The third kappa shape index (κ3) is 2.81. The second kappa shape index (κ2) is 4.60. The van der Waals surface area contributed by atoms with Gasteiger partial charge in [-0.2, -0.15) is 0 Å². The number of hydrogen-bond donors (Lipinski definition) is 0. The smallest absolute Gasteiger partial charge is 0.127 e. The number of ether oxygens (including phenoxy) is 1. The molecule has 0 spiro atoms. The molecule has 1 radical (unpaired) electrons. The third-order valence-corrected chi connectivity index (χ3v) is 1.98. The van der Waals surface area contributed by atoms with Crippen LogP contribution in [0.15, 0.2) is 48.5 Å². The molecule has 0 unspecified atom stereocenters. The number of rotatable bonds is 3. The van der Waals surface area contributed by atoms with Crippen molar-refractivity contribution in [2.45, 2.75) is 6.61 Å². The maximum atomic E-state index is 12.8. The highest BCUT2D eigenvalue weighted by Crippen LogP contribution is 2.13. The second-order valence-corrected chi connectivity index (χ2v) is 3.16. The zero-order valence-electron chi connectivity index (χ0n) is 8.11. The summed E-state index contributed by atoms with van der Waals surface area (Å²) in [6.07, 6.45) is 0. The van der Waals surface area contributed by atoms with Crippen molar-refractivity contribution in [1.29, 1.82) is 0 Å². The molecule has 15 heavy (non-hydrogen) atoms. The lowest BCUT2D eigenvalue weighted by molar-refractivity contribution is 0.304. The molecule has 0 aliphatic rings. The average molecular weight is 201 g/mol. The Morgan fingerprint density at radius 1 is 1.13 bits per heavy atom. The van der Waals surface area contributed by atoms with Crippen LogP contribution >= 0.6 is 0 Å². The van der Waals surface area contributed by atoms with Crippen LogP contribution in [0.5, 0.6) is 5.75 Å². The van der Waals surface area contributed by atoms with E-state index in [-0.39, 0.29) is 5.82 Å². The van der Waals surface area contributed by atoms with Gasteiger partial charge >= 0.3 is 0 Å². The molecule has 0 aromatic heterocycles. The molecule has 0 N–H and O–H groups in total. The Bertz CT molecular complexity index is 426. The van der Waals surface area contributed by atoms with Crippen LogP contribution in [0, 0.1) is 11.9 Å². The van der Waals surface area contributed by atoms with Crippen molar-refractivity contribution < 1.29 is 9.13 Å². The number of hydrogen-bond acceptors (Lipinski definition) is 1. The largest absolute Gasteiger partial charge is 0.489 e. The van der Waals surface area contributed by atoms with Gasteiger partial charge in [-0.1, -0.05) is 30.3 Å². The highest BCUT2D eigenvalue weighted by atomic mass is 19.1. The van der Waals surface area contributed by atoms with E-state index in [9.17, 15) is 4.39 Å². The van der Waals surface area contributed by atoms with Crippen molar-refractivity contribution >= 4 is 0 Å². The van der Waals surface area contributed by atoms with Gasteiger partial charge < -0.3 is 4.74 Å². The van der Waals surface area contributed by atoms with E-state index >= 15 is 0 Å². The topological polar surface area (TPSA) is 9.23 Å². The highest BCUT2D eigenvalue weighted by molar-refractivity contribution is 5.22. The van der Waals surface area contributed by atoms with Crippen LogP contribution in [0.3, 0.4) is 0 Å². The highest BCUT2D eigenvalue weighted by Gasteiger charge is 1.96. The van der Waals surface area contributed by atoms with E-state index in [0.29, 0.717) is 12.4 Å². The molecule has 2 rings (SSSR count). The molecule has 0 saturated heterocycles. The first-order valence-corrected chi connectivity index (χ1v) is 4.68. The second-order valence-electron chi connectivity index (χ2n) is 3.16. The van der Waals surface area contributed by atoms with E-state index in [2.05, 4.69) is 6.07 Å². The van der Waals surface area contributed by atoms with Crippen LogP contribution in [0.1, 0.15) is 5.56 Å². The van der Waals surface area contributed by atoms with Gasteiger partial charge in [0.25, 0.3) is 0 Å². The Labute approximate surface area is 88.1 Å². The maximum Gasteiger partial charge on any atom is 0.127 e. The molecule has 0 fully saturated rings. The SMILES string of the molecule is Fc1c[c]cc(OCc2ccccc2)c1. The van der Waals surface area contributed by atoms with E-state index in [4.69, 9.17) is 4.74 Å². The Morgan fingerprint density at radius 3 is 2.67 bits per heavy atom. The summed E-state index contributed by atoms with van der Waals surface area (Å²) < 4.78 is 18.2. The molecule has 0 bridgehead atoms. The van der Waals surface area contributed by atoms with Gasteiger partial charge in [0.2, 0.25) is 0 Å². The third-order valence-electron chi connectivity index (χ3n) is 1.98. The Kier molecular flexibility index (Phi) is 2.98. The minimum atomic E-state index is -0.333. The zero-order valence-corrected chi connectivity index (χ0v) is 8.11. The van der Waals surface area contributed by atoms with Crippen molar-refractivity contribution in [1.82, 2.24) is 0 Å². The summed E-state index contributed by atoms with van der Waals surface area (Å²) >= 11 is 0. The lowest BCUT2D eigenvalue weighted by Gasteiger charge is -2.05. The van der Waals surface area contributed by atoms with Crippen LogP contribution in [-0.4, -0.2) is 0 Å². The van der Waals surface area contributed by atoms with Crippen molar-refractivity contribution in [3.63, 3.8) is 0 Å². The van der Waals surface area contributed by atoms with E-state index in [1.807, 2.05) is 30.3 Å². The van der Waals surface area contributed by atoms with Crippen LogP contribution in [0.4, 0.5) is 4.39 Å². The van der Waals surface area contributed by atoms with Gasteiger partial charge in [0, 0.05) is 6.07 Å². The molecular formula is C13H10FO. The van der Waals surface area contributed by atoms with Crippen LogP contribution in [0.25, 0.3) is 0 Å². The van der Waals surface area contributed by atoms with Gasteiger partial charge in [0.1, 0.15) is 18.2 Å². The van der Waals surface area contributed by atoms with Crippen LogP contribution in [-0.2, 0) is 6.61 Å². The van der Waals surface area contributed by atoms with E-state index < -0.39 is 0 Å². The molecule has 1 nitrogen and oxygen atoms in total. The molecule has 0 atom stereocenters. The summed E-state index contributed by atoms with van der Waals surface area (Å²) in [5, 5.41) is 0. The predicted octanol–water partition coefficient (Wildman–Crippen LogP) is 3.20. The minimum Gasteiger partial charge on any atom is -0.489 e. The zero-order chi connectivity index (χ0) is 10.5. The monoisotopic (exact) mass is 201 g/mol. The van der Waals surface area contributed by atoms with Crippen molar-refractivity contribution in [2.24, 2.45) is 0 Å². The predicted molar refractivity (Wildman–Crippen MR) is 56.0 cm³/mol. The number of halogens is 1. The fourth-order valence-corrected chi connectivity index (χ4v) is 1.25. The van der Waals surface area contributed by atoms with E-state index in [1.165, 1.54) is 12.1 Å². The molecule has 0 aliphatic heterocycles. The molecule has 0 heterocycles. The Hall–Kier alpha value is -1.83. The van der Waals surface area contributed by atoms with Crippen molar-refractivity contribution in [3.8, 4) is 5.75 Å². The van der Waals surface area contributed by atoms with Gasteiger partial charge in [-0.25, -0.2) is 4.39 Å². The van der Waals surface area contributed by atoms with Gasteiger partial charge in [-0.3, -0.25) is 0 Å². The lowest BCUT2D eigenvalue weighted by Crippen LogP contribution is -1.94. The maximum absolute atomic E-state index is 12.8. The Balaban J connectivity index is 1.99. The van der Waals surface area contributed by atoms with E-state index in [1.54, 1.807) is 6.07 Å². The van der Waals surface area contributed by atoms with Gasteiger partial charge in [-0.05, 0) is 23.8 Å². The molecule has 2 heteroatoms. The first kappa shape index (κ1) is 9.71. The summed E-state index contributed by atoms with van der Waals surface area (Å²) in [4.78, 5) is 0. The molecule has 0 amide bonds. The fraction of sp³-hybridized carbons (Fsp3) is 0.0769. The lowest BCUT2D eigenvalue weighted by atomic mass is 10.2. The minimum absolute atomic E-state index is 0.333. The van der Waals surface area contributed by atoms with Crippen LogP contribution < -0.4 is 4.74 Å². The molecule has 0 aliphatic carbocycles. The molecular weight excluding hydrogens is 191 g/mol. The molecule has 75 valence electrons. The van der Waals surface area contributed by atoms with Gasteiger partial charge in [-0.15, -0.1) is 0 Å². The average Bonchev–Trinajstić information content (AvgIpc) is 2.28. The summed E-state index contributed by atoms with van der Waals surface area (Å²) in [5.41, 5.74) is 1.06.